The maximum absolute atomic E-state index is 14.3. The van der Waals surface area contributed by atoms with Crippen molar-refractivity contribution >= 4 is 21.7 Å². The summed E-state index contributed by atoms with van der Waals surface area (Å²) < 4.78 is 41.8. The van der Waals surface area contributed by atoms with Crippen LogP contribution < -0.4 is 18.7 Å². The highest BCUT2D eigenvalue weighted by Gasteiger charge is 2.41. The van der Waals surface area contributed by atoms with Crippen molar-refractivity contribution in [3.63, 3.8) is 0 Å². The van der Waals surface area contributed by atoms with Crippen molar-refractivity contribution in [2.75, 3.05) is 70.2 Å². The molecule has 1 saturated heterocycles. The van der Waals surface area contributed by atoms with Gasteiger partial charge >= 0.3 is 0 Å². The fourth-order valence-electron chi connectivity index (χ4n) is 7.48. The lowest BCUT2D eigenvalue weighted by molar-refractivity contribution is 0.0550. The average molecular weight is 685 g/mol. The van der Waals surface area contributed by atoms with Crippen LogP contribution in [0.2, 0.25) is 0 Å². The Balaban J connectivity index is 1.11. The van der Waals surface area contributed by atoms with E-state index >= 15 is 0 Å². The highest BCUT2D eigenvalue weighted by atomic mass is 32.2. The summed E-state index contributed by atoms with van der Waals surface area (Å²) in [6.45, 7) is 7.47. The number of aromatic nitrogens is 2. The van der Waals surface area contributed by atoms with Crippen LogP contribution in [0.25, 0.3) is 0 Å². The van der Waals surface area contributed by atoms with Crippen molar-refractivity contribution in [3.05, 3.63) is 101 Å². The number of hydrogen-bond acceptors (Lipinski definition) is 9. The molecule has 4 aromatic rings. The lowest BCUT2D eigenvalue weighted by Gasteiger charge is -2.47. The molecule has 2 aliphatic heterocycles. The van der Waals surface area contributed by atoms with E-state index in [1.165, 1.54) is 9.87 Å². The van der Waals surface area contributed by atoms with Crippen molar-refractivity contribution < 1.29 is 17.9 Å². The molecule has 6 rings (SSSR count). The first-order valence-corrected chi connectivity index (χ1v) is 18.4. The van der Waals surface area contributed by atoms with Gasteiger partial charge in [0.1, 0.15) is 12.4 Å². The summed E-state index contributed by atoms with van der Waals surface area (Å²) in [6, 6.07) is 23.3. The summed E-state index contributed by atoms with van der Waals surface area (Å²) in [5.41, 5.74) is 4.37. The van der Waals surface area contributed by atoms with Gasteiger partial charge in [-0.3, -0.25) is 9.21 Å². The molecule has 1 fully saturated rings. The molecule has 1 atom stereocenters. The molecule has 0 saturated carbocycles. The van der Waals surface area contributed by atoms with E-state index < -0.39 is 16.1 Å². The normalized spacial score (nSPS) is 17.6. The van der Waals surface area contributed by atoms with Crippen molar-refractivity contribution in [2.24, 2.45) is 0 Å². The predicted octanol–water partition coefficient (Wildman–Crippen LogP) is 5.29. The number of nitrogens with zero attached hydrogens (tertiary/aromatic N) is 6. The van der Waals surface area contributed by atoms with Crippen LogP contribution in [0.4, 0.5) is 11.6 Å². The Hall–Kier alpha value is -4.19. The Morgan fingerprint density at radius 1 is 0.939 bits per heavy atom. The van der Waals surface area contributed by atoms with Crippen molar-refractivity contribution in [1.29, 1.82) is 0 Å². The number of rotatable bonds is 12. The summed E-state index contributed by atoms with van der Waals surface area (Å²) in [5.74, 6) is 1.62. The van der Waals surface area contributed by atoms with E-state index in [1.807, 2.05) is 45.2 Å². The van der Waals surface area contributed by atoms with E-state index in [0.29, 0.717) is 45.7 Å². The van der Waals surface area contributed by atoms with Gasteiger partial charge in [0, 0.05) is 51.0 Å². The third-order valence-corrected chi connectivity index (χ3v) is 12.4. The fourth-order valence-corrected chi connectivity index (χ4v) is 9.57. The van der Waals surface area contributed by atoms with E-state index in [0.717, 1.165) is 44.6 Å². The number of ether oxygens (including phenoxy) is 2. The molecule has 0 aliphatic carbocycles. The van der Waals surface area contributed by atoms with E-state index in [-0.39, 0.29) is 12.1 Å². The maximum Gasteiger partial charge on any atom is 0.265 e. The predicted molar refractivity (Wildman–Crippen MR) is 194 cm³/mol. The number of likely N-dealkylation sites (tertiary alicyclic amines) is 1. The lowest BCUT2D eigenvalue weighted by atomic mass is 9.80. The second kappa shape index (κ2) is 14.3. The second-order valence-corrected chi connectivity index (χ2v) is 15.2. The molecular formula is C38H48N6O4S. The molecule has 1 aromatic heterocycles. The number of piperidine rings is 1. The number of anilines is 2. The number of sulfonamides is 1. The van der Waals surface area contributed by atoms with E-state index in [4.69, 9.17) is 14.5 Å². The SMILES string of the molecule is COc1cc(C)c(S(=O)(=O)N2c3ccccc3C[C@H]2COc2ccnc(N(C)CCN3CCC(c4ccccc4)(N(C)C)CC3)n2)c(C)c1. The standard InChI is InChI=1S/C38H48N6O4S/c1-28-24-33(47-6)25-29(2)36(28)49(45,46)44-32(26-30-12-10-11-15-34(30)44)27-48-35-16-19-39-37(40-35)42(5)22-23-43-20-17-38(18-21-43,41(3)4)31-13-8-7-9-14-31/h7-16,19,24-25,32H,17-18,20-23,26-27H2,1-6H3/t32-/m0/s1. The first-order valence-electron chi connectivity index (χ1n) is 16.9. The lowest BCUT2D eigenvalue weighted by Crippen LogP contribution is -2.51. The third-order valence-electron chi connectivity index (χ3n) is 10.2. The molecular weight excluding hydrogens is 637 g/mol. The number of benzene rings is 3. The molecule has 0 N–H and O–H groups in total. The summed E-state index contributed by atoms with van der Waals surface area (Å²) in [7, 11) is 4.05. The van der Waals surface area contributed by atoms with Crippen LogP contribution in [0.15, 0.2) is 83.9 Å². The highest BCUT2D eigenvalue weighted by molar-refractivity contribution is 7.93. The zero-order valence-electron chi connectivity index (χ0n) is 29.5. The minimum Gasteiger partial charge on any atom is -0.497 e. The van der Waals surface area contributed by atoms with Crippen molar-refractivity contribution in [2.45, 2.75) is 49.6 Å². The zero-order chi connectivity index (χ0) is 34.8. The van der Waals surface area contributed by atoms with Crippen LogP contribution >= 0.6 is 0 Å². The molecule has 11 heteroatoms. The Bertz CT molecular complexity index is 1840. The number of fused-ring (bicyclic) bond motifs is 1. The van der Waals surface area contributed by atoms with Gasteiger partial charge in [-0.15, -0.1) is 0 Å². The summed E-state index contributed by atoms with van der Waals surface area (Å²) in [5, 5.41) is 0. The molecule has 2 aliphatic rings. The minimum atomic E-state index is -3.91. The van der Waals surface area contributed by atoms with Gasteiger partial charge in [-0.25, -0.2) is 13.4 Å². The molecule has 49 heavy (non-hydrogen) atoms. The van der Waals surface area contributed by atoms with Crippen LogP contribution in [-0.4, -0.2) is 95.3 Å². The molecule has 0 bridgehead atoms. The van der Waals surface area contributed by atoms with Gasteiger partial charge < -0.3 is 19.3 Å². The number of likely N-dealkylation sites (N-methyl/N-ethyl adjacent to an activating group) is 1. The van der Waals surface area contributed by atoms with E-state index in [1.54, 1.807) is 31.5 Å². The van der Waals surface area contributed by atoms with Crippen LogP contribution in [0.3, 0.4) is 0 Å². The van der Waals surface area contributed by atoms with Gasteiger partial charge in [-0.1, -0.05) is 48.5 Å². The van der Waals surface area contributed by atoms with Gasteiger partial charge in [-0.05, 0) is 87.7 Å². The Kier molecular flexibility index (Phi) is 10.1. The summed E-state index contributed by atoms with van der Waals surface area (Å²) >= 11 is 0. The number of aryl methyl sites for hydroxylation is 2. The van der Waals surface area contributed by atoms with Gasteiger partial charge in [0.25, 0.3) is 10.0 Å². The van der Waals surface area contributed by atoms with E-state index in [9.17, 15) is 8.42 Å². The third kappa shape index (κ3) is 6.97. The van der Waals surface area contributed by atoms with Crippen LogP contribution in [0, 0.1) is 13.8 Å². The first-order chi connectivity index (χ1) is 23.5. The van der Waals surface area contributed by atoms with Crippen LogP contribution in [-0.2, 0) is 22.0 Å². The molecule has 260 valence electrons. The van der Waals surface area contributed by atoms with Crippen LogP contribution in [0.1, 0.15) is 35.1 Å². The number of methoxy groups -OCH3 is 1. The molecule has 0 radical (unpaired) electrons. The fraction of sp³-hybridized carbons (Fsp3) is 0.421. The number of para-hydroxylation sites is 1. The number of hydrogen-bond donors (Lipinski definition) is 0. The molecule has 0 spiro atoms. The Labute approximate surface area is 291 Å². The molecule has 3 aromatic carbocycles. The topological polar surface area (TPSA) is 91.3 Å². The summed E-state index contributed by atoms with van der Waals surface area (Å²) in [6.07, 6.45) is 4.38. The summed E-state index contributed by atoms with van der Waals surface area (Å²) in [4.78, 5) is 16.5. The largest absolute Gasteiger partial charge is 0.497 e. The maximum atomic E-state index is 14.3. The van der Waals surface area contributed by atoms with Gasteiger partial charge in [0.2, 0.25) is 11.8 Å². The zero-order valence-corrected chi connectivity index (χ0v) is 30.3. The first kappa shape index (κ1) is 34.7. The molecule has 3 heterocycles. The average Bonchev–Trinajstić information content (AvgIpc) is 3.49. The van der Waals surface area contributed by atoms with Crippen LogP contribution in [0.5, 0.6) is 11.6 Å². The van der Waals surface area contributed by atoms with Gasteiger partial charge in [0.05, 0.1) is 23.7 Å². The van der Waals surface area contributed by atoms with Crippen molar-refractivity contribution in [3.8, 4) is 11.6 Å². The van der Waals surface area contributed by atoms with E-state index in [2.05, 4.69) is 64.1 Å². The highest BCUT2D eigenvalue weighted by Crippen LogP contribution is 2.40. The van der Waals surface area contributed by atoms with Crippen molar-refractivity contribution in [1.82, 2.24) is 19.8 Å². The Morgan fingerprint density at radius 2 is 1.61 bits per heavy atom. The second-order valence-electron chi connectivity index (χ2n) is 13.4. The minimum absolute atomic E-state index is 0.0559. The van der Waals surface area contributed by atoms with Gasteiger partial charge in [-0.2, -0.15) is 4.98 Å². The molecule has 0 amide bonds. The molecule has 10 nitrogen and oxygen atoms in total. The quantitative estimate of drug-likeness (QED) is 0.198. The van der Waals surface area contributed by atoms with Gasteiger partial charge in [0.15, 0.2) is 0 Å². The monoisotopic (exact) mass is 684 g/mol. The Morgan fingerprint density at radius 3 is 2.29 bits per heavy atom. The smallest absolute Gasteiger partial charge is 0.265 e. The molecule has 0 unspecified atom stereocenters.